The molecule has 2 heterocycles. The van der Waals surface area contributed by atoms with Gasteiger partial charge in [0.05, 0.1) is 12.8 Å². The van der Waals surface area contributed by atoms with E-state index in [1.165, 1.54) is 18.7 Å². The van der Waals surface area contributed by atoms with Crippen molar-refractivity contribution in [3.05, 3.63) is 10.6 Å². The molecular weight excluding hydrogens is 284 g/mol. The monoisotopic (exact) mass is 310 g/mol. The second-order valence-corrected chi connectivity index (χ2v) is 6.86. The van der Waals surface area contributed by atoms with Crippen LogP contribution in [0.1, 0.15) is 51.3 Å². The first kappa shape index (κ1) is 15.2. The van der Waals surface area contributed by atoms with Crippen LogP contribution in [0.5, 0.6) is 0 Å². The van der Waals surface area contributed by atoms with Crippen molar-refractivity contribution < 1.29 is 5.11 Å². The van der Waals surface area contributed by atoms with Crippen LogP contribution in [-0.4, -0.2) is 43.5 Å². The van der Waals surface area contributed by atoms with Gasteiger partial charge in [-0.1, -0.05) is 0 Å². The highest BCUT2D eigenvalue weighted by atomic mass is 32.1. The van der Waals surface area contributed by atoms with Gasteiger partial charge in [0.1, 0.15) is 5.82 Å². The average Bonchev–Trinajstić information content (AvgIpc) is 3.26. The highest BCUT2D eigenvalue weighted by Gasteiger charge is 2.30. The molecule has 1 aromatic rings. The summed E-state index contributed by atoms with van der Waals surface area (Å²) in [4.78, 5) is 2.40. The molecule has 5 nitrogen and oxygen atoms in total. The summed E-state index contributed by atoms with van der Waals surface area (Å²) in [6, 6.07) is 0. The van der Waals surface area contributed by atoms with Crippen LogP contribution in [0.4, 0.5) is 0 Å². The van der Waals surface area contributed by atoms with Crippen LogP contribution >= 0.6 is 12.2 Å². The number of aliphatic hydroxyl groups is 1. The van der Waals surface area contributed by atoms with Crippen molar-refractivity contribution in [1.29, 1.82) is 0 Å². The minimum atomic E-state index is -0.185. The summed E-state index contributed by atoms with van der Waals surface area (Å²) in [6.45, 7) is 7.79. The van der Waals surface area contributed by atoms with Crippen LogP contribution in [0.2, 0.25) is 0 Å². The lowest BCUT2D eigenvalue weighted by Crippen LogP contribution is -2.38. The number of aromatic nitrogens is 3. The molecule has 2 aliphatic rings. The Labute approximate surface area is 131 Å². The summed E-state index contributed by atoms with van der Waals surface area (Å²) in [5.74, 6) is 2.26. The van der Waals surface area contributed by atoms with Crippen molar-refractivity contribution in [3.63, 3.8) is 0 Å². The Kier molecular flexibility index (Phi) is 4.47. The first-order valence-electron chi connectivity index (χ1n) is 8.18. The molecule has 1 saturated heterocycles. The predicted octanol–water partition coefficient (Wildman–Crippen LogP) is 2.36. The van der Waals surface area contributed by atoms with Crippen molar-refractivity contribution in [1.82, 2.24) is 19.2 Å². The summed E-state index contributed by atoms with van der Waals surface area (Å²) in [6.07, 6.45) is 4.45. The van der Waals surface area contributed by atoms with Gasteiger partial charge in [-0.05, 0) is 57.7 Å². The molecule has 1 saturated carbocycles. The molecule has 0 aromatic carbocycles. The molecule has 2 fully saturated rings. The molecule has 1 aromatic heterocycles. The van der Waals surface area contributed by atoms with Crippen molar-refractivity contribution in [3.8, 4) is 0 Å². The van der Waals surface area contributed by atoms with E-state index in [-0.39, 0.29) is 6.10 Å². The minimum absolute atomic E-state index is 0.185. The molecule has 0 amide bonds. The van der Waals surface area contributed by atoms with Gasteiger partial charge in [0.15, 0.2) is 4.77 Å². The standard InChI is InChI=1S/C15H26N4OS/c1-3-18-14(13-4-5-13)16-19(15(18)21)10-17-8-6-12(7-9-17)11(2)20/h11-13,20H,3-10H2,1-2H3. The van der Waals surface area contributed by atoms with E-state index in [2.05, 4.69) is 16.4 Å². The summed E-state index contributed by atoms with van der Waals surface area (Å²) < 4.78 is 5.04. The predicted molar refractivity (Wildman–Crippen MR) is 84.7 cm³/mol. The number of likely N-dealkylation sites (tertiary alicyclic amines) is 1. The van der Waals surface area contributed by atoms with Gasteiger partial charge in [-0.15, -0.1) is 0 Å². The second kappa shape index (κ2) is 6.18. The third-order valence-electron chi connectivity index (χ3n) is 4.86. The number of hydrogen-bond donors (Lipinski definition) is 1. The lowest BCUT2D eigenvalue weighted by Gasteiger charge is -2.32. The third-order valence-corrected chi connectivity index (χ3v) is 5.29. The van der Waals surface area contributed by atoms with Crippen molar-refractivity contribution in [2.75, 3.05) is 13.1 Å². The number of aliphatic hydroxyl groups excluding tert-OH is 1. The number of piperidine rings is 1. The normalized spacial score (nSPS) is 22.6. The molecule has 21 heavy (non-hydrogen) atoms. The number of hydrogen-bond acceptors (Lipinski definition) is 4. The zero-order chi connectivity index (χ0) is 15.0. The number of rotatable bonds is 5. The zero-order valence-electron chi connectivity index (χ0n) is 13.0. The van der Waals surface area contributed by atoms with Gasteiger partial charge in [0, 0.05) is 25.6 Å². The van der Waals surface area contributed by atoms with Crippen LogP contribution in [0.25, 0.3) is 0 Å². The molecule has 1 unspecified atom stereocenters. The third kappa shape index (κ3) is 3.22. The topological polar surface area (TPSA) is 46.2 Å². The Hall–Kier alpha value is -0.720. The Morgan fingerprint density at radius 2 is 1.95 bits per heavy atom. The summed E-state index contributed by atoms with van der Waals surface area (Å²) >= 11 is 5.59. The van der Waals surface area contributed by atoms with E-state index in [9.17, 15) is 5.11 Å². The van der Waals surface area contributed by atoms with E-state index >= 15 is 0 Å². The van der Waals surface area contributed by atoms with Gasteiger partial charge >= 0.3 is 0 Å². The molecule has 3 rings (SSSR count). The van der Waals surface area contributed by atoms with E-state index in [0.717, 1.165) is 43.9 Å². The molecular formula is C15H26N4OS. The molecule has 1 N–H and O–H groups in total. The highest BCUT2D eigenvalue weighted by Crippen LogP contribution is 2.39. The molecule has 1 aliphatic heterocycles. The van der Waals surface area contributed by atoms with Crippen molar-refractivity contribution >= 4 is 12.2 Å². The van der Waals surface area contributed by atoms with E-state index in [1.54, 1.807) is 0 Å². The largest absolute Gasteiger partial charge is 0.393 e. The van der Waals surface area contributed by atoms with E-state index < -0.39 is 0 Å². The van der Waals surface area contributed by atoms with Gasteiger partial charge < -0.3 is 9.67 Å². The van der Waals surface area contributed by atoms with Gasteiger partial charge in [-0.2, -0.15) is 5.10 Å². The first-order chi connectivity index (χ1) is 10.1. The molecule has 0 bridgehead atoms. The van der Waals surface area contributed by atoms with Crippen LogP contribution in [0.15, 0.2) is 0 Å². The molecule has 0 spiro atoms. The number of nitrogens with zero attached hydrogens (tertiary/aromatic N) is 4. The van der Waals surface area contributed by atoms with E-state index in [1.807, 2.05) is 11.6 Å². The highest BCUT2D eigenvalue weighted by molar-refractivity contribution is 7.71. The van der Waals surface area contributed by atoms with E-state index in [0.29, 0.717) is 11.8 Å². The first-order valence-corrected chi connectivity index (χ1v) is 8.59. The Balaban J connectivity index is 1.67. The van der Waals surface area contributed by atoms with Crippen LogP contribution in [0, 0.1) is 10.7 Å². The average molecular weight is 310 g/mol. The van der Waals surface area contributed by atoms with Crippen LogP contribution < -0.4 is 0 Å². The molecule has 118 valence electrons. The van der Waals surface area contributed by atoms with Gasteiger partial charge in [-0.25, -0.2) is 4.68 Å². The summed E-state index contributed by atoms with van der Waals surface area (Å²) in [7, 11) is 0. The van der Waals surface area contributed by atoms with E-state index in [4.69, 9.17) is 17.3 Å². The Morgan fingerprint density at radius 1 is 1.29 bits per heavy atom. The summed E-state index contributed by atoms with van der Waals surface area (Å²) in [5.41, 5.74) is 0. The van der Waals surface area contributed by atoms with Crippen molar-refractivity contribution in [2.45, 2.75) is 64.8 Å². The SMILES string of the molecule is CCn1c(C2CC2)nn(CN2CCC(C(C)O)CC2)c1=S. The minimum Gasteiger partial charge on any atom is -0.393 e. The van der Waals surface area contributed by atoms with Crippen LogP contribution in [0.3, 0.4) is 0 Å². The Morgan fingerprint density at radius 3 is 2.48 bits per heavy atom. The molecule has 1 aliphatic carbocycles. The fraction of sp³-hybridized carbons (Fsp3) is 0.867. The van der Waals surface area contributed by atoms with Gasteiger partial charge in [0.2, 0.25) is 0 Å². The zero-order valence-corrected chi connectivity index (χ0v) is 13.8. The lowest BCUT2D eigenvalue weighted by molar-refractivity contribution is 0.0591. The molecule has 6 heteroatoms. The fourth-order valence-electron chi connectivity index (χ4n) is 3.26. The Bertz CT molecular complexity index is 538. The maximum Gasteiger partial charge on any atom is 0.199 e. The quantitative estimate of drug-likeness (QED) is 0.848. The maximum absolute atomic E-state index is 9.68. The van der Waals surface area contributed by atoms with Crippen molar-refractivity contribution in [2.24, 2.45) is 5.92 Å². The fourth-order valence-corrected chi connectivity index (χ4v) is 3.58. The molecule has 0 radical (unpaired) electrons. The lowest BCUT2D eigenvalue weighted by atomic mass is 9.92. The molecule has 1 atom stereocenters. The maximum atomic E-state index is 9.68. The summed E-state index contributed by atoms with van der Waals surface area (Å²) in [5, 5.41) is 14.5. The second-order valence-electron chi connectivity index (χ2n) is 6.50. The van der Waals surface area contributed by atoms with Gasteiger partial charge in [0.25, 0.3) is 0 Å². The van der Waals surface area contributed by atoms with Crippen LogP contribution in [-0.2, 0) is 13.2 Å². The smallest absolute Gasteiger partial charge is 0.199 e. The van der Waals surface area contributed by atoms with Gasteiger partial charge in [-0.3, -0.25) is 4.90 Å².